The minimum atomic E-state index is 0.0217. The van der Waals surface area contributed by atoms with E-state index in [1.54, 1.807) is 6.26 Å². The van der Waals surface area contributed by atoms with Crippen LogP contribution in [0.1, 0.15) is 51.3 Å². The topological polar surface area (TPSA) is 13.1 Å². The van der Waals surface area contributed by atoms with Crippen LogP contribution in [-0.2, 0) is 17.3 Å². The van der Waals surface area contributed by atoms with Crippen molar-refractivity contribution in [1.29, 1.82) is 0 Å². The van der Waals surface area contributed by atoms with E-state index in [4.69, 9.17) is 4.42 Å². The van der Waals surface area contributed by atoms with E-state index in [9.17, 15) is 0 Å². The Morgan fingerprint density at radius 2 is 1.61 bits per heavy atom. The quantitative estimate of drug-likeness (QED) is 0.557. The molecule has 2 aromatic carbocycles. The largest absolute Gasteiger partial charge is 0.464 e. The van der Waals surface area contributed by atoms with Gasteiger partial charge in [-0.25, -0.2) is 0 Å². The molecule has 0 bridgehead atoms. The highest BCUT2D eigenvalue weighted by molar-refractivity contribution is 5.81. The van der Waals surface area contributed by atoms with Gasteiger partial charge in [-0.05, 0) is 34.4 Å². The first-order valence-corrected chi connectivity index (χ1v) is 8.33. The van der Waals surface area contributed by atoms with Crippen LogP contribution in [-0.4, -0.2) is 0 Å². The molecule has 0 aliphatic heterocycles. The van der Waals surface area contributed by atoms with Crippen LogP contribution in [0.25, 0.3) is 11.0 Å². The Bertz CT molecular complexity index is 815. The van der Waals surface area contributed by atoms with E-state index in [0.717, 1.165) is 12.0 Å². The highest BCUT2D eigenvalue weighted by atomic mass is 16.3. The molecule has 1 heterocycles. The van der Waals surface area contributed by atoms with Crippen molar-refractivity contribution in [3.63, 3.8) is 0 Å². The molecule has 0 amide bonds. The number of benzene rings is 2. The molecule has 0 atom stereocenters. The molecule has 23 heavy (non-hydrogen) atoms. The van der Waals surface area contributed by atoms with Gasteiger partial charge >= 0.3 is 0 Å². The van der Waals surface area contributed by atoms with Crippen LogP contribution in [0.15, 0.2) is 59.2 Å². The first kappa shape index (κ1) is 15.9. The lowest BCUT2D eigenvalue weighted by Crippen LogP contribution is -2.21. The summed E-state index contributed by atoms with van der Waals surface area (Å²) >= 11 is 0. The molecule has 3 rings (SSSR count). The van der Waals surface area contributed by atoms with E-state index in [0.29, 0.717) is 0 Å². The van der Waals surface area contributed by atoms with Crippen molar-refractivity contribution in [2.24, 2.45) is 0 Å². The summed E-state index contributed by atoms with van der Waals surface area (Å²) in [4.78, 5) is 0. The summed E-state index contributed by atoms with van der Waals surface area (Å²) in [6.07, 6.45) is 2.78. The molecule has 1 heteroatoms. The third kappa shape index (κ3) is 3.19. The smallest absolute Gasteiger partial charge is 0.137 e. The highest BCUT2D eigenvalue weighted by Crippen LogP contribution is 2.34. The molecule has 0 saturated carbocycles. The Morgan fingerprint density at radius 1 is 0.870 bits per heavy atom. The van der Waals surface area contributed by atoms with Gasteiger partial charge in [-0.3, -0.25) is 0 Å². The highest BCUT2D eigenvalue weighted by Gasteiger charge is 2.25. The van der Waals surface area contributed by atoms with Gasteiger partial charge < -0.3 is 4.42 Å². The molecule has 0 aliphatic carbocycles. The number of hydrogen-bond acceptors (Lipinski definition) is 1. The lowest BCUT2D eigenvalue weighted by Gasteiger charge is -2.27. The molecule has 0 N–H and O–H groups in total. The van der Waals surface area contributed by atoms with E-state index >= 15 is 0 Å². The molecule has 0 unspecified atom stereocenters. The Kier molecular flexibility index (Phi) is 3.83. The lowest BCUT2D eigenvalue weighted by atomic mass is 9.77. The van der Waals surface area contributed by atoms with E-state index in [1.807, 2.05) is 6.07 Å². The number of fused-ring (bicyclic) bond motifs is 1. The molecule has 0 saturated heterocycles. The molecule has 1 aromatic heterocycles. The molecule has 0 aliphatic rings. The van der Waals surface area contributed by atoms with Crippen LogP contribution < -0.4 is 0 Å². The van der Waals surface area contributed by atoms with Crippen LogP contribution >= 0.6 is 0 Å². The first-order valence-electron chi connectivity index (χ1n) is 8.33. The average molecular weight is 306 g/mol. The Hall–Kier alpha value is -2.02. The van der Waals surface area contributed by atoms with Gasteiger partial charge in [0.1, 0.15) is 5.58 Å². The molecule has 120 valence electrons. The van der Waals surface area contributed by atoms with E-state index in [-0.39, 0.29) is 10.8 Å². The van der Waals surface area contributed by atoms with Gasteiger partial charge in [0, 0.05) is 10.9 Å². The number of furan rings is 1. The van der Waals surface area contributed by atoms with Gasteiger partial charge in [0.05, 0.1) is 6.26 Å². The second kappa shape index (κ2) is 5.56. The summed E-state index contributed by atoms with van der Waals surface area (Å²) in [5.41, 5.74) is 5.27. The number of para-hydroxylation sites is 1. The lowest BCUT2D eigenvalue weighted by molar-refractivity contribution is 0.508. The van der Waals surface area contributed by atoms with E-state index in [1.165, 1.54) is 22.1 Å². The van der Waals surface area contributed by atoms with Crippen LogP contribution in [0.3, 0.4) is 0 Å². The zero-order valence-corrected chi connectivity index (χ0v) is 14.8. The van der Waals surface area contributed by atoms with E-state index < -0.39 is 0 Å². The summed E-state index contributed by atoms with van der Waals surface area (Å²) in [7, 11) is 0. The zero-order chi connectivity index (χ0) is 16.7. The van der Waals surface area contributed by atoms with Crippen molar-refractivity contribution in [2.45, 2.75) is 51.9 Å². The normalized spacial score (nSPS) is 12.7. The van der Waals surface area contributed by atoms with Crippen molar-refractivity contribution >= 4 is 11.0 Å². The number of hydrogen-bond donors (Lipinski definition) is 0. The fourth-order valence-electron chi connectivity index (χ4n) is 3.28. The van der Waals surface area contributed by atoms with Crippen LogP contribution in [0.2, 0.25) is 0 Å². The average Bonchev–Trinajstić information content (AvgIpc) is 2.94. The molecule has 0 spiro atoms. The summed E-state index contributed by atoms with van der Waals surface area (Å²) in [6.45, 7) is 11.4. The maximum absolute atomic E-state index is 5.75. The molecule has 1 nitrogen and oxygen atoms in total. The molecule has 0 radical (unpaired) electrons. The van der Waals surface area contributed by atoms with Gasteiger partial charge in [-0.15, -0.1) is 0 Å². The maximum Gasteiger partial charge on any atom is 0.137 e. The Morgan fingerprint density at radius 3 is 2.35 bits per heavy atom. The second-order valence-corrected chi connectivity index (χ2v) is 8.16. The monoisotopic (exact) mass is 306 g/mol. The minimum absolute atomic E-state index is 0.0217. The SMILES string of the molecule is CC(C)(C)c1cccc(CC(C)(C)c2cccc3ccoc23)c1. The van der Waals surface area contributed by atoms with Crippen molar-refractivity contribution in [3.05, 3.63) is 71.5 Å². The van der Waals surface area contributed by atoms with Gasteiger partial charge in [0.15, 0.2) is 0 Å². The van der Waals surface area contributed by atoms with Gasteiger partial charge in [-0.1, -0.05) is 77.1 Å². The summed E-state index contributed by atoms with van der Waals surface area (Å²) in [6, 6.07) is 17.5. The zero-order valence-electron chi connectivity index (χ0n) is 14.8. The summed E-state index contributed by atoms with van der Waals surface area (Å²) < 4.78 is 5.75. The molecule has 0 fully saturated rings. The molecular formula is C22H26O. The van der Waals surface area contributed by atoms with Gasteiger partial charge in [-0.2, -0.15) is 0 Å². The second-order valence-electron chi connectivity index (χ2n) is 8.16. The standard InChI is InChI=1S/C22H26O/c1-21(2,3)18-10-6-8-16(14-18)15-22(4,5)19-11-7-9-17-12-13-23-20(17)19/h6-14H,15H2,1-5H3. The first-order chi connectivity index (χ1) is 10.8. The Labute approximate surface area is 139 Å². The summed E-state index contributed by atoms with van der Waals surface area (Å²) in [5, 5.41) is 1.18. The fraction of sp³-hybridized carbons (Fsp3) is 0.364. The third-order valence-electron chi connectivity index (χ3n) is 4.65. The molecule has 3 aromatic rings. The van der Waals surface area contributed by atoms with Crippen molar-refractivity contribution in [1.82, 2.24) is 0 Å². The predicted octanol–water partition coefficient (Wildman–Crippen LogP) is 6.25. The fourth-order valence-corrected chi connectivity index (χ4v) is 3.28. The minimum Gasteiger partial charge on any atom is -0.464 e. The van der Waals surface area contributed by atoms with E-state index in [2.05, 4.69) is 77.1 Å². The molecular weight excluding hydrogens is 280 g/mol. The van der Waals surface area contributed by atoms with Crippen LogP contribution in [0.5, 0.6) is 0 Å². The van der Waals surface area contributed by atoms with Crippen LogP contribution in [0, 0.1) is 0 Å². The van der Waals surface area contributed by atoms with Gasteiger partial charge in [0.25, 0.3) is 0 Å². The third-order valence-corrected chi connectivity index (χ3v) is 4.65. The number of rotatable bonds is 3. The van der Waals surface area contributed by atoms with Crippen molar-refractivity contribution in [2.75, 3.05) is 0 Å². The maximum atomic E-state index is 5.75. The van der Waals surface area contributed by atoms with Crippen molar-refractivity contribution < 1.29 is 4.42 Å². The summed E-state index contributed by atoms with van der Waals surface area (Å²) in [5.74, 6) is 0. The van der Waals surface area contributed by atoms with Gasteiger partial charge in [0.2, 0.25) is 0 Å². The predicted molar refractivity (Wildman–Crippen MR) is 98.1 cm³/mol. The van der Waals surface area contributed by atoms with Crippen molar-refractivity contribution in [3.8, 4) is 0 Å². The Balaban J connectivity index is 1.97. The van der Waals surface area contributed by atoms with Crippen LogP contribution in [0.4, 0.5) is 0 Å².